The van der Waals surface area contributed by atoms with Gasteiger partial charge in [0.2, 0.25) is 5.91 Å². The van der Waals surface area contributed by atoms with E-state index in [9.17, 15) is 19.2 Å². The van der Waals surface area contributed by atoms with Gasteiger partial charge in [0.25, 0.3) is 11.8 Å². The summed E-state index contributed by atoms with van der Waals surface area (Å²) >= 11 is 0. The Kier molecular flexibility index (Phi) is 10.2. The summed E-state index contributed by atoms with van der Waals surface area (Å²) in [6.45, 7) is 2.76. The van der Waals surface area contributed by atoms with Gasteiger partial charge in [-0.05, 0) is 55.2 Å². The first-order valence-corrected chi connectivity index (χ1v) is 11.7. The van der Waals surface area contributed by atoms with Crippen LogP contribution in [0.1, 0.15) is 62.7 Å². The Labute approximate surface area is 221 Å². The number of hydrogen-bond donors (Lipinski definition) is 4. The van der Waals surface area contributed by atoms with Gasteiger partial charge in [-0.15, -0.1) is 12.4 Å². The number of benzene rings is 2. The molecule has 0 aromatic heterocycles. The molecule has 10 nitrogen and oxygen atoms in total. The van der Waals surface area contributed by atoms with E-state index >= 15 is 0 Å². The predicted octanol–water partition coefficient (Wildman–Crippen LogP) is 2.34. The lowest BCUT2D eigenvalue weighted by Gasteiger charge is -2.23. The molecule has 0 bridgehead atoms. The summed E-state index contributed by atoms with van der Waals surface area (Å²) in [4.78, 5) is 52.5. The number of amidine groups is 1. The van der Waals surface area contributed by atoms with Crippen LogP contribution in [0.5, 0.6) is 0 Å². The number of aryl methyl sites for hydroxylation is 1. The van der Waals surface area contributed by atoms with Crippen LogP contribution in [0.2, 0.25) is 0 Å². The lowest BCUT2D eigenvalue weighted by molar-refractivity contribution is -0.143. The summed E-state index contributed by atoms with van der Waals surface area (Å²) in [5.74, 6) is -2.29. The van der Waals surface area contributed by atoms with Gasteiger partial charge in [-0.1, -0.05) is 18.2 Å². The smallest absolute Gasteiger partial charge is 0.323 e. The molecule has 1 aliphatic heterocycles. The van der Waals surface area contributed by atoms with E-state index in [-0.39, 0.29) is 30.6 Å². The van der Waals surface area contributed by atoms with Gasteiger partial charge in [0.1, 0.15) is 12.4 Å². The number of halogens is 1. The summed E-state index contributed by atoms with van der Waals surface area (Å²) in [5, 5.41) is 19.5. The average Bonchev–Trinajstić information content (AvgIpc) is 3.37. The van der Waals surface area contributed by atoms with Crippen molar-refractivity contribution >= 4 is 41.9 Å². The van der Waals surface area contributed by atoms with Crippen LogP contribution in [0.15, 0.2) is 42.5 Å². The minimum atomic E-state index is -1.15. The van der Waals surface area contributed by atoms with E-state index in [1.807, 2.05) is 0 Å². The van der Waals surface area contributed by atoms with E-state index in [1.54, 1.807) is 54.3 Å². The number of nitrogen functional groups attached to an aromatic ring is 1. The summed E-state index contributed by atoms with van der Waals surface area (Å²) in [6, 6.07) is 10.7. The quantitative estimate of drug-likeness (QED) is 0.288. The number of carboxylic acid groups (broad SMARTS) is 1. The number of nitrogens with one attached hydrogen (secondary N) is 2. The van der Waals surface area contributed by atoms with Crippen molar-refractivity contribution in [2.24, 2.45) is 5.73 Å². The molecule has 0 radical (unpaired) electrons. The fourth-order valence-corrected chi connectivity index (χ4v) is 4.17. The number of nitrogens with two attached hydrogens (primary N) is 1. The zero-order chi connectivity index (χ0) is 26.4. The number of hydrogen-bond acceptors (Lipinski definition) is 5. The van der Waals surface area contributed by atoms with Crippen LogP contribution >= 0.6 is 12.4 Å². The van der Waals surface area contributed by atoms with E-state index in [1.165, 1.54) is 7.05 Å². The van der Waals surface area contributed by atoms with Crippen LogP contribution in [0.4, 0.5) is 0 Å². The van der Waals surface area contributed by atoms with Crippen LogP contribution in [0, 0.1) is 12.3 Å². The molecule has 2 aromatic rings. The highest BCUT2D eigenvalue weighted by atomic mass is 35.5. The highest BCUT2D eigenvalue weighted by Gasteiger charge is 2.24. The fraction of sp³-hybridized carbons (Fsp3) is 0.346. The minimum absolute atomic E-state index is 0. The molecule has 1 atom stereocenters. The number of carbonyl (C=O) groups is 4. The van der Waals surface area contributed by atoms with Crippen LogP contribution in [0.3, 0.4) is 0 Å². The van der Waals surface area contributed by atoms with E-state index < -0.39 is 30.4 Å². The number of carboxylic acids is 1. The fourth-order valence-electron chi connectivity index (χ4n) is 4.17. The summed E-state index contributed by atoms with van der Waals surface area (Å²) < 4.78 is 0. The lowest BCUT2D eigenvalue weighted by Crippen LogP contribution is -2.37. The first-order valence-electron chi connectivity index (χ1n) is 11.7. The number of likely N-dealkylation sites (N-methyl/N-ethyl adjacent to an activating group) is 1. The second-order valence-corrected chi connectivity index (χ2v) is 8.94. The van der Waals surface area contributed by atoms with Crippen molar-refractivity contribution < 1.29 is 24.3 Å². The zero-order valence-electron chi connectivity index (χ0n) is 20.8. The van der Waals surface area contributed by atoms with Crippen molar-refractivity contribution in [1.29, 1.82) is 5.41 Å². The van der Waals surface area contributed by atoms with Gasteiger partial charge in [-0.25, -0.2) is 0 Å². The summed E-state index contributed by atoms with van der Waals surface area (Å²) in [7, 11) is 1.38. The Morgan fingerprint density at radius 3 is 2.38 bits per heavy atom. The highest BCUT2D eigenvalue weighted by Crippen LogP contribution is 2.22. The Morgan fingerprint density at radius 2 is 1.78 bits per heavy atom. The molecule has 0 spiro atoms. The molecule has 37 heavy (non-hydrogen) atoms. The molecule has 198 valence electrons. The maximum atomic E-state index is 13.2. The summed E-state index contributed by atoms with van der Waals surface area (Å²) in [5.41, 5.74) is 8.12. The van der Waals surface area contributed by atoms with Gasteiger partial charge >= 0.3 is 5.97 Å². The van der Waals surface area contributed by atoms with E-state index in [0.717, 1.165) is 30.8 Å². The average molecular weight is 530 g/mol. The third-order valence-corrected chi connectivity index (χ3v) is 6.19. The maximum absolute atomic E-state index is 13.2. The number of rotatable bonds is 9. The van der Waals surface area contributed by atoms with Crippen molar-refractivity contribution in [2.45, 2.75) is 32.2 Å². The lowest BCUT2D eigenvalue weighted by atomic mass is 9.99. The third-order valence-electron chi connectivity index (χ3n) is 6.19. The molecule has 3 amide bonds. The number of nitrogens with zero attached hydrogens (tertiary/aromatic N) is 2. The zero-order valence-corrected chi connectivity index (χ0v) is 21.6. The molecule has 1 fully saturated rings. The second-order valence-electron chi connectivity index (χ2n) is 8.94. The molecule has 5 N–H and O–H groups in total. The SMILES string of the molecule is Cc1cc(C(=O)NC(CC(=O)N(C)CC(=O)O)c2cccc(C(=N)N)c2)ccc1C(=O)N1CCCC1.Cl. The van der Waals surface area contributed by atoms with Crippen LogP contribution < -0.4 is 11.1 Å². The Morgan fingerprint density at radius 1 is 1.11 bits per heavy atom. The molecule has 2 aromatic carbocycles. The van der Waals surface area contributed by atoms with Crippen molar-refractivity contribution in [1.82, 2.24) is 15.1 Å². The Hall–Kier alpha value is -3.92. The molecule has 0 saturated carbocycles. The first-order chi connectivity index (χ1) is 17.1. The standard InChI is InChI=1S/C26H31N5O5.ClH/c1-16-12-19(8-9-20(16)26(36)31-10-3-4-11-31)25(35)29-21(14-22(32)30(2)15-23(33)34)17-6-5-7-18(13-17)24(27)28;/h5-9,12-13,21H,3-4,10-11,14-15H2,1-2H3,(H3,27,28)(H,29,35)(H,33,34);1H. The minimum Gasteiger partial charge on any atom is -0.480 e. The van der Waals surface area contributed by atoms with Crippen LogP contribution in [-0.4, -0.2) is 71.1 Å². The number of aliphatic carboxylic acids is 1. The third kappa shape index (κ3) is 7.53. The number of amides is 3. The van der Waals surface area contributed by atoms with Gasteiger partial charge in [-0.3, -0.25) is 24.6 Å². The predicted molar refractivity (Wildman–Crippen MR) is 141 cm³/mol. The first kappa shape index (κ1) is 29.3. The largest absolute Gasteiger partial charge is 0.480 e. The van der Waals surface area contributed by atoms with Crippen molar-refractivity contribution in [3.05, 3.63) is 70.3 Å². The van der Waals surface area contributed by atoms with E-state index in [4.69, 9.17) is 16.2 Å². The normalized spacial score (nSPS) is 13.3. The molecule has 0 aliphatic carbocycles. The molecular formula is C26H32ClN5O5. The number of likely N-dealkylation sites (tertiary alicyclic amines) is 1. The van der Waals surface area contributed by atoms with Crippen LogP contribution in [-0.2, 0) is 9.59 Å². The molecule has 1 saturated heterocycles. The summed E-state index contributed by atoms with van der Waals surface area (Å²) in [6.07, 6.45) is 1.77. The van der Waals surface area contributed by atoms with Crippen LogP contribution in [0.25, 0.3) is 0 Å². The monoisotopic (exact) mass is 529 g/mol. The molecular weight excluding hydrogens is 498 g/mol. The van der Waals surface area contributed by atoms with Crippen molar-refractivity contribution in [3.63, 3.8) is 0 Å². The van der Waals surface area contributed by atoms with Gasteiger partial charge in [0, 0.05) is 36.8 Å². The molecule has 1 unspecified atom stereocenters. The van der Waals surface area contributed by atoms with E-state index in [2.05, 4.69) is 5.32 Å². The van der Waals surface area contributed by atoms with Gasteiger partial charge in [-0.2, -0.15) is 0 Å². The molecule has 1 aliphatic rings. The molecule has 11 heteroatoms. The van der Waals surface area contributed by atoms with Gasteiger partial charge < -0.3 is 26.0 Å². The second kappa shape index (κ2) is 12.9. The van der Waals surface area contributed by atoms with E-state index in [0.29, 0.717) is 27.8 Å². The Bertz CT molecular complexity index is 1200. The molecule has 1 heterocycles. The molecule has 3 rings (SSSR count). The highest BCUT2D eigenvalue weighted by molar-refractivity contribution is 5.99. The van der Waals surface area contributed by atoms with Gasteiger partial charge in [0.15, 0.2) is 0 Å². The van der Waals surface area contributed by atoms with Crippen molar-refractivity contribution in [2.75, 3.05) is 26.7 Å². The van der Waals surface area contributed by atoms with Crippen molar-refractivity contribution in [3.8, 4) is 0 Å². The maximum Gasteiger partial charge on any atom is 0.323 e. The van der Waals surface area contributed by atoms with Gasteiger partial charge in [0.05, 0.1) is 12.5 Å². The Balaban J connectivity index is 0.00000481. The number of carbonyl (C=O) groups excluding carboxylic acids is 3. The topological polar surface area (TPSA) is 157 Å².